The van der Waals surface area contributed by atoms with Gasteiger partial charge in [-0.2, -0.15) is 5.10 Å². The van der Waals surface area contributed by atoms with E-state index >= 15 is 0 Å². The van der Waals surface area contributed by atoms with Crippen molar-refractivity contribution in [1.82, 2.24) is 9.78 Å². The number of halogens is 1. The van der Waals surface area contributed by atoms with Crippen LogP contribution in [0.15, 0.2) is 36.5 Å². The lowest BCUT2D eigenvalue weighted by Gasteiger charge is -2.09. The summed E-state index contributed by atoms with van der Waals surface area (Å²) in [5.74, 6) is 0.700. The van der Waals surface area contributed by atoms with Gasteiger partial charge in [0.05, 0.1) is 11.9 Å². The van der Waals surface area contributed by atoms with E-state index in [0.717, 1.165) is 30.9 Å². The number of hydrogen-bond donors (Lipinski definition) is 1. The van der Waals surface area contributed by atoms with E-state index in [1.165, 1.54) is 12.1 Å². The minimum absolute atomic E-state index is 0.235. The van der Waals surface area contributed by atoms with E-state index in [1.807, 2.05) is 6.07 Å². The van der Waals surface area contributed by atoms with Gasteiger partial charge in [0.2, 0.25) is 0 Å². The minimum atomic E-state index is -0.235. The van der Waals surface area contributed by atoms with Gasteiger partial charge in [-0.1, -0.05) is 13.3 Å². The molecule has 0 saturated heterocycles. The van der Waals surface area contributed by atoms with Crippen molar-refractivity contribution >= 4 is 5.82 Å². The molecular weight excluding hydrogens is 217 g/mol. The lowest BCUT2D eigenvalue weighted by atomic mass is 10.3. The van der Waals surface area contributed by atoms with Crippen LogP contribution < -0.4 is 5.32 Å². The Balaban J connectivity index is 2.15. The standard InChI is InChI=1S/C13H16FN3/c1-2-3-9-15-13-8-10-16-17(13)12-6-4-11(14)5-7-12/h4-8,10,15H,2-3,9H2,1H3. The summed E-state index contributed by atoms with van der Waals surface area (Å²) in [6, 6.07) is 8.22. The molecule has 3 nitrogen and oxygen atoms in total. The fourth-order valence-electron chi connectivity index (χ4n) is 1.62. The molecule has 1 aromatic heterocycles. The monoisotopic (exact) mass is 233 g/mol. The van der Waals surface area contributed by atoms with Gasteiger partial charge in [0.1, 0.15) is 11.6 Å². The van der Waals surface area contributed by atoms with Crippen LogP contribution >= 0.6 is 0 Å². The topological polar surface area (TPSA) is 29.9 Å². The normalized spacial score (nSPS) is 10.5. The molecule has 0 aliphatic heterocycles. The number of aromatic nitrogens is 2. The number of nitrogens with zero attached hydrogens (tertiary/aromatic N) is 2. The summed E-state index contributed by atoms with van der Waals surface area (Å²) in [7, 11) is 0. The van der Waals surface area contributed by atoms with Crippen molar-refractivity contribution in [2.75, 3.05) is 11.9 Å². The zero-order valence-electron chi connectivity index (χ0n) is 9.86. The zero-order chi connectivity index (χ0) is 12.1. The molecule has 0 saturated carbocycles. The van der Waals surface area contributed by atoms with Crippen LogP contribution in [0, 0.1) is 5.82 Å². The zero-order valence-corrected chi connectivity index (χ0v) is 9.86. The predicted molar refractivity (Wildman–Crippen MR) is 66.9 cm³/mol. The quantitative estimate of drug-likeness (QED) is 0.803. The maximum atomic E-state index is 12.8. The third-order valence-corrected chi connectivity index (χ3v) is 2.55. The summed E-state index contributed by atoms with van der Waals surface area (Å²) >= 11 is 0. The lowest BCUT2D eigenvalue weighted by molar-refractivity contribution is 0.627. The Bertz CT molecular complexity index is 462. The van der Waals surface area contributed by atoms with Gasteiger partial charge in [-0.3, -0.25) is 0 Å². The number of nitrogens with one attached hydrogen (secondary N) is 1. The van der Waals surface area contributed by atoms with Gasteiger partial charge in [-0.25, -0.2) is 9.07 Å². The van der Waals surface area contributed by atoms with Crippen LogP contribution in [-0.4, -0.2) is 16.3 Å². The fraction of sp³-hybridized carbons (Fsp3) is 0.308. The van der Waals surface area contributed by atoms with Crippen molar-refractivity contribution in [2.24, 2.45) is 0 Å². The van der Waals surface area contributed by atoms with Crippen LogP contribution in [0.1, 0.15) is 19.8 Å². The van der Waals surface area contributed by atoms with E-state index in [0.29, 0.717) is 0 Å². The third-order valence-electron chi connectivity index (χ3n) is 2.55. The van der Waals surface area contributed by atoms with Gasteiger partial charge in [-0.15, -0.1) is 0 Å². The Morgan fingerprint density at radius 3 is 2.71 bits per heavy atom. The van der Waals surface area contributed by atoms with Crippen LogP contribution in [0.2, 0.25) is 0 Å². The van der Waals surface area contributed by atoms with Crippen LogP contribution in [-0.2, 0) is 0 Å². The van der Waals surface area contributed by atoms with Crippen molar-refractivity contribution in [3.63, 3.8) is 0 Å². The van der Waals surface area contributed by atoms with E-state index in [-0.39, 0.29) is 5.82 Å². The van der Waals surface area contributed by atoms with Crippen LogP contribution in [0.25, 0.3) is 5.69 Å². The number of hydrogen-bond acceptors (Lipinski definition) is 2. The maximum Gasteiger partial charge on any atom is 0.129 e. The van der Waals surface area contributed by atoms with E-state index in [1.54, 1.807) is 23.0 Å². The Labute approximate surface area is 100 Å². The van der Waals surface area contributed by atoms with Crippen molar-refractivity contribution in [1.29, 1.82) is 0 Å². The molecule has 0 amide bonds. The second kappa shape index (κ2) is 5.48. The van der Waals surface area contributed by atoms with Crippen molar-refractivity contribution < 1.29 is 4.39 Å². The molecule has 0 radical (unpaired) electrons. The third kappa shape index (κ3) is 2.84. The minimum Gasteiger partial charge on any atom is -0.370 e. The van der Waals surface area contributed by atoms with Gasteiger partial charge in [0.25, 0.3) is 0 Å². The molecule has 1 heterocycles. The van der Waals surface area contributed by atoms with Gasteiger partial charge in [0, 0.05) is 12.6 Å². The van der Waals surface area contributed by atoms with Crippen LogP contribution in [0.5, 0.6) is 0 Å². The summed E-state index contributed by atoms with van der Waals surface area (Å²) in [4.78, 5) is 0. The maximum absolute atomic E-state index is 12.8. The second-order valence-electron chi connectivity index (χ2n) is 3.88. The van der Waals surface area contributed by atoms with Crippen LogP contribution in [0.3, 0.4) is 0 Å². The Morgan fingerprint density at radius 2 is 2.00 bits per heavy atom. The average Bonchev–Trinajstić information content (AvgIpc) is 2.79. The molecule has 0 aliphatic rings. The first-order chi connectivity index (χ1) is 8.31. The van der Waals surface area contributed by atoms with Crippen LogP contribution in [0.4, 0.5) is 10.2 Å². The summed E-state index contributed by atoms with van der Waals surface area (Å²) in [5, 5.41) is 7.54. The molecule has 0 aliphatic carbocycles. The number of unbranched alkanes of at least 4 members (excludes halogenated alkanes) is 1. The SMILES string of the molecule is CCCCNc1ccnn1-c1ccc(F)cc1. The molecule has 1 aromatic carbocycles. The molecule has 0 bridgehead atoms. The molecule has 17 heavy (non-hydrogen) atoms. The fourth-order valence-corrected chi connectivity index (χ4v) is 1.62. The summed E-state index contributed by atoms with van der Waals surface area (Å²) in [6.45, 7) is 3.07. The smallest absolute Gasteiger partial charge is 0.129 e. The van der Waals surface area contributed by atoms with Gasteiger partial charge < -0.3 is 5.32 Å². The van der Waals surface area contributed by atoms with Crippen molar-refractivity contribution in [3.8, 4) is 5.69 Å². The summed E-state index contributed by atoms with van der Waals surface area (Å²) in [5.41, 5.74) is 0.857. The van der Waals surface area contributed by atoms with E-state index in [9.17, 15) is 4.39 Å². The molecule has 0 fully saturated rings. The van der Waals surface area contributed by atoms with Crippen molar-refractivity contribution in [3.05, 3.63) is 42.3 Å². The highest BCUT2D eigenvalue weighted by molar-refractivity contribution is 5.44. The molecule has 2 aromatic rings. The second-order valence-corrected chi connectivity index (χ2v) is 3.88. The molecule has 90 valence electrons. The molecule has 1 N–H and O–H groups in total. The molecule has 4 heteroatoms. The molecule has 2 rings (SSSR count). The van der Waals surface area contributed by atoms with E-state index < -0.39 is 0 Å². The van der Waals surface area contributed by atoms with Gasteiger partial charge in [-0.05, 0) is 30.7 Å². The van der Waals surface area contributed by atoms with E-state index in [4.69, 9.17) is 0 Å². The highest BCUT2D eigenvalue weighted by Crippen LogP contribution is 2.15. The predicted octanol–water partition coefficient (Wildman–Crippen LogP) is 3.22. The highest BCUT2D eigenvalue weighted by atomic mass is 19.1. The summed E-state index contributed by atoms with van der Waals surface area (Å²) < 4.78 is 14.6. The lowest BCUT2D eigenvalue weighted by Crippen LogP contribution is -2.07. The Hall–Kier alpha value is -1.84. The van der Waals surface area contributed by atoms with Crippen molar-refractivity contribution in [2.45, 2.75) is 19.8 Å². The first-order valence-electron chi connectivity index (χ1n) is 5.85. The number of benzene rings is 1. The highest BCUT2D eigenvalue weighted by Gasteiger charge is 2.03. The average molecular weight is 233 g/mol. The molecule has 0 spiro atoms. The number of rotatable bonds is 5. The molecule has 0 atom stereocenters. The largest absolute Gasteiger partial charge is 0.370 e. The van der Waals surface area contributed by atoms with Gasteiger partial charge >= 0.3 is 0 Å². The number of anilines is 1. The molecule has 0 unspecified atom stereocenters. The van der Waals surface area contributed by atoms with E-state index in [2.05, 4.69) is 17.3 Å². The Morgan fingerprint density at radius 1 is 1.24 bits per heavy atom. The van der Waals surface area contributed by atoms with Gasteiger partial charge in [0.15, 0.2) is 0 Å². The first kappa shape index (κ1) is 11.6. The molecular formula is C13H16FN3. The Kier molecular flexibility index (Phi) is 3.75. The first-order valence-corrected chi connectivity index (χ1v) is 5.85. The summed E-state index contributed by atoms with van der Waals surface area (Å²) in [6.07, 6.45) is 4.00.